The van der Waals surface area contributed by atoms with E-state index in [0.717, 1.165) is 4.57 Å². The first kappa shape index (κ1) is 14.0. The molecule has 10 heteroatoms. The van der Waals surface area contributed by atoms with Crippen LogP contribution >= 0.6 is 0 Å². The van der Waals surface area contributed by atoms with Crippen molar-refractivity contribution >= 4 is 11.2 Å². The van der Waals surface area contributed by atoms with Crippen molar-refractivity contribution in [3.8, 4) is 6.08 Å². The van der Waals surface area contributed by atoms with Gasteiger partial charge in [-0.05, 0) is 6.42 Å². The van der Waals surface area contributed by atoms with Crippen molar-refractivity contribution in [2.45, 2.75) is 19.4 Å². The van der Waals surface area contributed by atoms with Gasteiger partial charge in [-0.1, -0.05) is 5.16 Å². The average molecular weight is 306 g/mol. The van der Waals surface area contributed by atoms with Gasteiger partial charge in [0.05, 0.1) is 6.33 Å². The molecule has 10 nitrogen and oxygen atoms in total. The Kier molecular flexibility index (Phi) is 3.28. The van der Waals surface area contributed by atoms with E-state index in [1.54, 1.807) is 11.6 Å². The predicted octanol–water partition coefficient (Wildman–Crippen LogP) is -0.845. The Bertz CT molecular complexity index is 947. The van der Waals surface area contributed by atoms with Crippen molar-refractivity contribution in [2.24, 2.45) is 14.1 Å². The Hall–Kier alpha value is -2.91. The third-order valence-electron chi connectivity index (χ3n) is 3.47. The number of aromatic nitrogens is 6. The summed E-state index contributed by atoms with van der Waals surface area (Å²) in [4.78, 5) is 31.9. The molecule has 0 saturated heterocycles. The SMILES string of the molecule is Cn1c(=O)c2c(ncn2CCCc2noc(O)n2)n(C)c1=O. The van der Waals surface area contributed by atoms with Crippen LogP contribution in [-0.4, -0.2) is 33.9 Å². The molecule has 22 heavy (non-hydrogen) atoms. The van der Waals surface area contributed by atoms with Crippen LogP contribution < -0.4 is 11.2 Å². The zero-order chi connectivity index (χ0) is 15.9. The van der Waals surface area contributed by atoms with E-state index < -0.39 is 11.8 Å². The van der Waals surface area contributed by atoms with E-state index in [1.165, 1.54) is 17.9 Å². The molecule has 3 heterocycles. The first-order valence-corrected chi connectivity index (χ1v) is 6.61. The molecule has 0 radical (unpaired) electrons. The van der Waals surface area contributed by atoms with E-state index in [-0.39, 0.29) is 5.56 Å². The summed E-state index contributed by atoms with van der Waals surface area (Å²) in [6, 6.07) is 0. The molecule has 0 bridgehead atoms. The molecule has 0 aliphatic carbocycles. The average Bonchev–Trinajstić information content (AvgIpc) is 3.10. The first-order valence-electron chi connectivity index (χ1n) is 6.61. The minimum Gasteiger partial charge on any atom is -0.464 e. The quantitative estimate of drug-likeness (QED) is 0.666. The van der Waals surface area contributed by atoms with E-state index in [1.807, 2.05) is 0 Å². The third-order valence-corrected chi connectivity index (χ3v) is 3.47. The highest BCUT2D eigenvalue weighted by Crippen LogP contribution is 2.09. The summed E-state index contributed by atoms with van der Waals surface area (Å²) in [7, 11) is 3.01. The van der Waals surface area contributed by atoms with Gasteiger partial charge in [-0.25, -0.2) is 9.78 Å². The Morgan fingerprint density at radius 3 is 2.73 bits per heavy atom. The van der Waals surface area contributed by atoms with Crippen molar-refractivity contribution in [3.05, 3.63) is 33.0 Å². The lowest BCUT2D eigenvalue weighted by Gasteiger charge is -2.05. The van der Waals surface area contributed by atoms with Gasteiger partial charge in [0.2, 0.25) is 0 Å². The molecule has 0 fully saturated rings. The number of rotatable bonds is 4. The fourth-order valence-electron chi connectivity index (χ4n) is 2.32. The summed E-state index contributed by atoms with van der Waals surface area (Å²) >= 11 is 0. The van der Waals surface area contributed by atoms with Crippen LogP contribution in [0.1, 0.15) is 12.2 Å². The lowest BCUT2D eigenvalue weighted by atomic mass is 10.3. The van der Waals surface area contributed by atoms with Crippen molar-refractivity contribution in [3.63, 3.8) is 0 Å². The van der Waals surface area contributed by atoms with E-state index >= 15 is 0 Å². The normalized spacial score (nSPS) is 11.4. The first-order chi connectivity index (χ1) is 10.5. The van der Waals surface area contributed by atoms with Gasteiger partial charge < -0.3 is 9.67 Å². The maximum Gasteiger partial charge on any atom is 0.414 e. The highest BCUT2D eigenvalue weighted by molar-refractivity contribution is 5.69. The van der Waals surface area contributed by atoms with Gasteiger partial charge in [-0.15, -0.1) is 0 Å². The molecule has 0 unspecified atom stereocenters. The molecule has 3 rings (SSSR count). The number of hydrogen-bond acceptors (Lipinski definition) is 7. The van der Waals surface area contributed by atoms with Gasteiger partial charge >= 0.3 is 11.8 Å². The van der Waals surface area contributed by atoms with Crippen LogP contribution in [0.4, 0.5) is 0 Å². The maximum atomic E-state index is 12.2. The van der Waals surface area contributed by atoms with E-state index in [4.69, 9.17) is 5.11 Å². The Balaban J connectivity index is 1.89. The molecule has 0 saturated carbocycles. The lowest BCUT2D eigenvalue weighted by molar-refractivity contribution is 0.266. The van der Waals surface area contributed by atoms with Gasteiger partial charge in [0, 0.05) is 27.1 Å². The van der Waals surface area contributed by atoms with Crippen LogP contribution in [-0.2, 0) is 27.1 Å². The fraction of sp³-hybridized carbons (Fsp3) is 0.417. The monoisotopic (exact) mass is 306 g/mol. The second-order valence-electron chi connectivity index (χ2n) is 4.91. The number of aromatic hydroxyl groups is 1. The lowest BCUT2D eigenvalue weighted by Crippen LogP contribution is -2.37. The summed E-state index contributed by atoms with van der Waals surface area (Å²) < 4.78 is 8.55. The zero-order valence-electron chi connectivity index (χ0n) is 12.1. The summed E-state index contributed by atoms with van der Waals surface area (Å²) in [5, 5.41) is 12.6. The largest absolute Gasteiger partial charge is 0.464 e. The van der Waals surface area contributed by atoms with Crippen LogP contribution in [0, 0.1) is 0 Å². The molecule has 0 amide bonds. The zero-order valence-corrected chi connectivity index (χ0v) is 12.1. The molecule has 3 aromatic heterocycles. The number of fused-ring (bicyclic) bond motifs is 1. The van der Waals surface area contributed by atoms with E-state index in [0.29, 0.717) is 36.4 Å². The number of hydrogen-bond donors (Lipinski definition) is 1. The van der Waals surface area contributed by atoms with Crippen molar-refractivity contribution in [1.82, 2.24) is 28.8 Å². The van der Waals surface area contributed by atoms with Crippen molar-refractivity contribution in [1.29, 1.82) is 0 Å². The van der Waals surface area contributed by atoms with Crippen molar-refractivity contribution < 1.29 is 9.63 Å². The molecule has 0 aliphatic rings. The molecule has 1 N–H and O–H groups in total. The Morgan fingerprint density at radius 1 is 1.27 bits per heavy atom. The molecule has 116 valence electrons. The smallest absolute Gasteiger partial charge is 0.414 e. The predicted molar refractivity (Wildman–Crippen MR) is 74.5 cm³/mol. The molecule has 0 aromatic carbocycles. The highest BCUT2D eigenvalue weighted by Gasteiger charge is 2.14. The van der Waals surface area contributed by atoms with Gasteiger partial charge in [-0.3, -0.25) is 18.5 Å². The number of imidazole rings is 1. The Labute approximate surface area is 123 Å². The standard InChI is InChI=1S/C12H14N6O4/c1-16-9-8(10(19)17(2)12(16)21)18(6-13-9)5-3-4-7-14-11(20)22-15-7/h6H,3-5H2,1-2H3,(H,14,15,20). The van der Waals surface area contributed by atoms with Gasteiger partial charge in [0.25, 0.3) is 5.56 Å². The van der Waals surface area contributed by atoms with Crippen LogP contribution in [0.25, 0.3) is 11.2 Å². The summed E-state index contributed by atoms with van der Waals surface area (Å²) in [5.74, 6) is 0.391. The van der Waals surface area contributed by atoms with Crippen LogP contribution in [0.2, 0.25) is 0 Å². The van der Waals surface area contributed by atoms with Crippen molar-refractivity contribution in [2.75, 3.05) is 0 Å². The third kappa shape index (κ3) is 2.18. The van der Waals surface area contributed by atoms with E-state index in [2.05, 4.69) is 19.6 Å². The topological polar surface area (TPSA) is 121 Å². The number of aryl methyl sites for hydroxylation is 3. The maximum absolute atomic E-state index is 12.2. The second-order valence-corrected chi connectivity index (χ2v) is 4.91. The minimum absolute atomic E-state index is 0.352. The summed E-state index contributed by atoms with van der Waals surface area (Å²) in [5.41, 5.74) is -0.0660. The number of nitrogens with zero attached hydrogens (tertiary/aromatic N) is 6. The molecule has 3 aromatic rings. The fourth-order valence-corrected chi connectivity index (χ4v) is 2.32. The highest BCUT2D eigenvalue weighted by atomic mass is 16.6. The molecule has 0 aliphatic heterocycles. The second kappa shape index (κ2) is 5.13. The van der Waals surface area contributed by atoms with Crippen LogP contribution in [0.15, 0.2) is 20.4 Å². The van der Waals surface area contributed by atoms with Gasteiger partial charge in [0.1, 0.15) is 0 Å². The molecule has 0 spiro atoms. The molecule has 0 atom stereocenters. The van der Waals surface area contributed by atoms with Gasteiger partial charge in [-0.2, -0.15) is 4.98 Å². The van der Waals surface area contributed by atoms with Crippen LogP contribution in [0.3, 0.4) is 0 Å². The summed E-state index contributed by atoms with van der Waals surface area (Å²) in [6.45, 7) is 0.499. The van der Waals surface area contributed by atoms with Gasteiger partial charge in [0.15, 0.2) is 17.0 Å². The minimum atomic E-state index is -0.466. The Morgan fingerprint density at radius 2 is 2.05 bits per heavy atom. The molecular formula is C12H14N6O4. The summed E-state index contributed by atoms with van der Waals surface area (Å²) in [6.07, 6.45) is 2.16. The molecular weight excluding hydrogens is 292 g/mol. The van der Waals surface area contributed by atoms with E-state index in [9.17, 15) is 9.59 Å². The van der Waals surface area contributed by atoms with Crippen LogP contribution in [0.5, 0.6) is 6.08 Å².